The van der Waals surface area contributed by atoms with E-state index in [2.05, 4.69) is 24.1 Å². The zero-order valence-corrected chi connectivity index (χ0v) is 14.1. The number of hydrogen-bond acceptors (Lipinski definition) is 4. The van der Waals surface area contributed by atoms with E-state index in [1.54, 1.807) is 6.92 Å². The average molecular weight is 313 g/mol. The Morgan fingerprint density at radius 2 is 2.09 bits per heavy atom. The summed E-state index contributed by atoms with van der Waals surface area (Å²) < 4.78 is 5.48. The summed E-state index contributed by atoms with van der Waals surface area (Å²) in [7, 11) is 0. The molecule has 0 spiro atoms. The number of carbonyl (C=O) groups excluding carboxylic acids is 2. The van der Waals surface area contributed by atoms with E-state index in [4.69, 9.17) is 10.5 Å². The summed E-state index contributed by atoms with van der Waals surface area (Å²) >= 11 is 0. The number of hydrogen-bond donors (Lipinski definition) is 2. The van der Waals surface area contributed by atoms with Gasteiger partial charge in [-0.3, -0.25) is 9.59 Å². The molecule has 2 atom stereocenters. The van der Waals surface area contributed by atoms with Crippen LogP contribution in [0.1, 0.15) is 40.0 Å². The Balaban J connectivity index is 2.14. The molecule has 1 aliphatic rings. The second-order valence-corrected chi connectivity index (χ2v) is 6.56. The lowest BCUT2D eigenvalue weighted by Gasteiger charge is -2.31. The Kier molecular flexibility index (Phi) is 8.42. The first-order valence-electron chi connectivity index (χ1n) is 8.31. The first kappa shape index (κ1) is 18.9. The predicted molar refractivity (Wildman–Crippen MR) is 86.2 cm³/mol. The molecule has 1 fully saturated rings. The zero-order chi connectivity index (χ0) is 16.5. The fourth-order valence-corrected chi connectivity index (χ4v) is 2.56. The van der Waals surface area contributed by atoms with Crippen molar-refractivity contribution in [3.63, 3.8) is 0 Å². The van der Waals surface area contributed by atoms with Gasteiger partial charge in [0.1, 0.15) is 6.10 Å². The minimum atomic E-state index is -0.406. The van der Waals surface area contributed by atoms with Crippen molar-refractivity contribution in [1.29, 1.82) is 0 Å². The number of amides is 2. The Morgan fingerprint density at radius 3 is 2.73 bits per heavy atom. The molecule has 6 heteroatoms. The van der Waals surface area contributed by atoms with E-state index in [1.165, 1.54) is 0 Å². The summed E-state index contributed by atoms with van der Waals surface area (Å²) in [6, 6.07) is 0. The highest BCUT2D eigenvalue weighted by molar-refractivity contribution is 5.80. The van der Waals surface area contributed by atoms with Gasteiger partial charge in [-0.15, -0.1) is 0 Å². The van der Waals surface area contributed by atoms with Crippen molar-refractivity contribution < 1.29 is 14.3 Å². The molecule has 0 aliphatic carbocycles. The van der Waals surface area contributed by atoms with Gasteiger partial charge in [-0.2, -0.15) is 0 Å². The third-order valence-corrected chi connectivity index (χ3v) is 3.91. The van der Waals surface area contributed by atoms with Crippen LogP contribution in [0.2, 0.25) is 0 Å². The van der Waals surface area contributed by atoms with Gasteiger partial charge in [0.15, 0.2) is 0 Å². The molecule has 6 nitrogen and oxygen atoms in total. The van der Waals surface area contributed by atoms with Gasteiger partial charge in [-0.1, -0.05) is 13.8 Å². The van der Waals surface area contributed by atoms with E-state index in [-0.39, 0.29) is 17.7 Å². The number of piperidine rings is 1. The number of carbonyl (C=O) groups is 2. The summed E-state index contributed by atoms with van der Waals surface area (Å²) in [5.74, 6) is 0.142. The van der Waals surface area contributed by atoms with E-state index in [0.717, 1.165) is 38.9 Å². The summed E-state index contributed by atoms with van der Waals surface area (Å²) in [5, 5.41) is 2.90. The number of rotatable bonds is 9. The van der Waals surface area contributed by atoms with E-state index in [0.29, 0.717) is 19.1 Å². The standard InChI is InChI=1S/C16H31N3O3/c1-12(2)11-22-13(3)16(21)18-7-5-9-19-8-4-6-14(10-19)15(17)20/h12-14H,4-11H2,1-3H3,(H2,17,20)(H,18,21). The lowest BCUT2D eigenvalue weighted by Crippen LogP contribution is -2.42. The van der Waals surface area contributed by atoms with Gasteiger partial charge < -0.3 is 20.7 Å². The topological polar surface area (TPSA) is 84.7 Å². The second-order valence-electron chi connectivity index (χ2n) is 6.56. The van der Waals surface area contributed by atoms with Crippen LogP contribution >= 0.6 is 0 Å². The lowest BCUT2D eigenvalue weighted by molar-refractivity contribution is -0.132. The highest BCUT2D eigenvalue weighted by Crippen LogP contribution is 2.15. The number of primary amides is 1. The monoisotopic (exact) mass is 313 g/mol. The average Bonchev–Trinajstić information content (AvgIpc) is 2.49. The van der Waals surface area contributed by atoms with Gasteiger partial charge in [-0.05, 0) is 45.2 Å². The van der Waals surface area contributed by atoms with Gasteiger partial charge in [0.25, 0.3) is 0 Å². The normalized spacial score (nSPS) is 20.8. The van der Waals surface area contributed by atoms with Crippen LogP contribution in [0.15, 0.2) is 0 Å². The molecule has 1 saturated heterocycles. The highest BCUT2D eigenvalue weighted by atomic mass is 16.5. The van der Waals surface area contributed by atoms with Crippen LogP contribution in [0, 0.1) is 11.8 Å². The molecular formula is C16H31N3O3. The van der Waals surface area contributed by atoms with Gasteiger partial charge in [-0.25, -0.2) is 0 Å². The maximum Gasteiger partial charge on any atom is 0.248 e. The minimum Gasteiger partial charge on any atom is -0.369 e. The number of likely N-dealkylation sites (tertiary alicyclic amines) is 1. The molecule has 2 amide bonds. The summed E-state index contributed by atoms with van der Waals surface area (Å²) in [4.78, 5) is 25.3. The third kappa shape index (κ3) is 7.22. The fourth-order valence-electron chi connectivity index (χ4n) is 2.56. The van der Waals surface area contributed by atoms with Crippen molar-refractivity contribution in [2.75, 3.05) is 32.8 Å². The minimum absolute atomic E-state index is 0.0206. The smallest absolute Gasteiger partial charge is 0.248 e. The van der Waals surface area contributed by atoms with Crippen molar-refractivity contribution in [3.05, 3.63) is 0 Å². The Hall–Kier alpha value is -1.14. The third-order valence-electron chi connectivity index (χ3n) is 3.91. The maximum atomic E-state index is 11.8. The van der Waals surface area contributed by atoms with Gasteiger partial charge in [0.05, 0.1) is 5.92 Å². The molecule has 128 valence electrons. The van der Waals surface area contributed by atoms with Gasteiger partial charge in [0, 0.05) is 19.7 Å². The Labute approximate surface area is 133 Å². The van der Waals surface area contributed by atoms with Crippen LogP contribution in [0.25, 0.3) is 0 Å². The maximum absolute atomic E-state index is 11.8. The van der Waals surface area contributed by atoms with Crippen LogP contribution in [0.4, 0.5) is 0 Å². The molecule has 1 heterocycles. The van der Waals surface area contributed by atoms with Crippen molar-refractivity contribution in [1.82, 2.24) is 10.2 Å². The number of nitrogens with two attached hydrogens (primary N) is 1. The van der Waals surface area contributed by atoms with Crippen LogP contribution in [0.3, 0.4) is 0 Å². The predicted octanol–water partition coefficient (Wildman–Crippen LogP) is 0.751. The number of ether oxygens (including phenoxy) is 1. The van der Waals surface area contributed by atoms with Crippen molar-refractivity contribution in [2.45, 2.75) is 46.1 Å². The van der Waals surface area contributed by atoms with E-state index in [9.17, 15) is 9.59 Å². The molecule has 1 rings (SSSR count). The Bertz CT molecular complexity index is 361. The zero-order valence-electron chi connectivity index (χ0n) is 14.1. The van der Waals surface area contributed by atoms with Crippen LogP contribution in [0.5, 0.6) is 0 Å². The summed E-state index contributed by atoms with van der Waals surface area (Å²) in [6.45, 7) is 9.75. The first-order chi connectivity index (χ1) is 10.4. The molecule has 22 heavy (non-hydrogen) atoms. The molecule has 0 saturated carbocycles. The number of nitrogens with one attached hydrogen (secondary N) is 1. The highest BCUT2D eigenvalue weighted by Gasteiger charge is 2.23. The van der Waals surface area contributed by atoms with E-state index in [1.807, 2.05) is 0 Å². The quantitative estimate of drug-likeness (QED) is 0.615. The summed E-state index contributed by atoms with van der Waals surface area (Å²) in [5.41, 5.74) is 5.37. The lowest BCUT2D eigenvalue weighted by atomic mass is 9.97. The van der Waals surface area contributed by atoms with Gasteiger partial charge in [0.2, 0.25) is 11.8 Å². The van der Waals surface area contributed by atoms with Crippen molar-refractivity contribution in [3.8, 4) is 0 Å². The van der Waals surface area contributed by atoms with Crippen LogP contribution in [-0.4, -0.2) is 55.6 Å². The van der Waals surface area contributed by atoms with Crippen LogP contribution < -0.4 is 11.1 Å². The molecular weight excluding hydrogens is 282 g/mol. The molecule has 0 radical (unpaired) electrons. The molecule has 0 bridgehead atoms. The first-order valence-corrected chi connectivity index (χ1v) is 8.31. The second kappa shape index (κ2) is 9.79. The van der Waals surface area contributed by atoms with Crippen LogP contribution in [-0.2, 0) is 14.3 Å². The fraction of sp³-hybridized carbons (Fsp3) is 0.875. The molecule has 0 aromatic carbocycles. The van der Waals surface area contributed by atoms with Crippen molar-refractivity contribution >= 4 is 11.8 Å². The summed E-state index contributed by atoms with van der Waals surface area (Å²) in [6.07, 6.45) is 2.37. The SMILES string of the molecule is CC(C)COC(C)C(=O)NCCCN1CCCC(C(N)=O)C1. The largest absolute Gasteiger partial charge is 0.369 e. The Morgan fingerprint density at radius 1 is 1.36 bits per heavy atom. The molecule has 0 aromatic heterocycles. The molecule has 2 unspecified atom stereocenters. The molecule has 0 aromatic rings. The van der Waals surface area contributed by atoms with E-state index >= 15 is 0 Å². The van der Waals surface area contributed by atoms with E-state index < -0.39 is 6.10 Å². The molecule has 1 aliphatic heterocycles. The van der Waals surface area contributed by atoms with Crippen molar-refractivity contribution in [2.24, 2.45) is 17.6 Å². The number of nitrogens with zero attached hydrogens (tertiary/aromatic N) is 1. The molecule has 3 N–H and O–H groups in total. The van der Waals surface area contributed by atoms with Gasteiger partial charge >= 0.3 is 0 Å².